The normalized spacial score (nSPS) is 15.1. The van der Waals surface area contributed by atoms with Crippen LogP contribution in [0.1, 0.15) is 29.9 Å². The molecule has 3 aromatic rings. The highest BCUT2D eigenvalue weighted by Gasteiger charge is 2.36. The first-order valence-electron chi connectivity index (χ1n) is 11.7. The van der Waals surface area contributed by atoms with Crippen LogP contribution >= 0.6 is 0 Å². The molecule has 9 nitrogen and oxygen atoms in total. The number of nitrogens with one attached hydrogen (secondary N) is 1. The van der Waals surface area contributed by atoms with Gasteiger partial charge in [-0.15, -0.1) is 0 Å². The molecule has 0 bridgehead atoms. The van der Waals surface area contributed by atoms with Gasteiger partial charge in [-0.2, -0.15) is 4.31 Å². The maximum absolute atomic E-state index is 14.0. The number of sulfonamides is 1. The highest BCUT2D eigenvalue weighted by Crippen LogP contribution is 2.31. The number of anilines is 1. The number of hydrogen-bond donors (Lipinski definition) is 1. The zero-order valence-electron chi connectivity index (χ0n) is 20.7. The molecule has 196 valence electrons. The predicted molar refractivity (Wildman–Crippen MR) is 136 cm³/mol. The van der Waals surface area contributed by atoms with E-state index in [0.717, 1.165) is 0 Å². The molecule has 4 rings (SSSR count). The zero-order valence-corrected chi connectivity index (χ0v) is 21.5. The monoisotopic (exact) mass is 529 g/mol. The summed E-state index contributed by atoms with van der Waals surface area (Å²) in [6.45, 7) is 1.85. The van der Waals surface area contributed by atoms with E-state index in [1.54, 1.807) is 43.3 Å². The molecule has 1 aromatic heterocycles. The Kier molecular flexibility index (Phi) is 7.94. The third-order valence-corrected chi connectivity index (χ3v) is 8.25. The lowest BCUT2D eigenvalue weighted by atomic mass is 9.97. The molecule has 37 heavy (non-hydrogen) atoms. The van der Waals surface area contributed by atoms with Gasteiger partial charge < -0.3 is 19.3 Å². The van der Waals surface area contributed by atoms with Crippen molar-refractivity contribution < 1.29 is 31.6 Å². The zero-order chi connectivity index (χ0) is 26.6. The lowest BCUT2D eigenvalue weighted by Gasteiger charge is -2.30. The van der Waals surface area contributed by atoms with Crippen LogP contribution in [0.4, 0.5) is 10.1 Å². The summed E-state index contributed by atoms with van der Waals surface area (Å²) < 4.78 is 58.0. The summed E-state index contributed by atoms with van der Waals surface area (Å²) in [6.07, 6.45) is 3.53. The number of ether oxygens (including phenoxy) is 2. The van der Waals surface area contributed by atoms with E-state index < -0.39 is 15.8 Å². The quantitative estimate of drug-likeness (QED) is 0.462. The third kappa shape index (κ3) is 5.83. The summed E-state index contributed by atoms with van der Waals surface area (Å²) in [5.74, 6) is 0.0911. The molecule has 0 unspecified atom stereocenters. The molecule has 11 heteroatoms. The van der Waals surface area contributed by atoms with Crippen LogP contribution in [0.25, 0.3) is 12.2 Å². The van der Waals surface area contributed by atoms with Crippen LogP contribution in [0, 0.1) is 18.7 Å². The molecule has 0 atom stereocenters. The molecule has 1 amide bonds. The van der Waals surface area contributed by atoms with Crippen molar-refractivity contribution in [3.8, 4) is 11.5 Å². The summed E-state index contributed by atoms with van der Waals surface area (Å²) in [4.78, 5) is 12.8. The smallest absolute Gasteiger partial charge is 0.248 e. The number of aryl methyl sites for hydroxylation is 1. The van der Waals surface area contributed by atoms with Crippen LogP contribution in [-0.2, 0) is 14.8 Å². The molecule has 2 aromatic carbocycles. The first-order valence-corrected chi connectivity index (χ1v) is 13.1. The molecule has 0 saturated carbocycles. The third-order valence-electron chi connectivity index (χ3n) is 6.19. The highest BCUT2D eigenvalue weighted by molar-refractivity contribution is 7.89. The van der Waals surface area contributed by atoms with Gasteiger partial charge in [0.2, 0.25) is 15.9 Å². The van der Waals surface area contributed by atoms with Gasteiger partial charge in [0.05, 0.1) is 14.2 Å². The van der Waals surface area contributed by atoms with Gasteiger partial charge in [-0.1, -0.05) is 23.4 Å². The number of benzene rings is 2. The first kappa shape index (κ1) is 26.4. The van der Waals surface area contributed by atoms with Crippen molar-refractivity contribution in [2.45, 2.75) is 24.7 Å². The molecule has 1 aliphatic rings. The van der Waals surface area contributed by atoms with Gasteiger partial charge in [-0.3, -0.25) is 4.79 Å². The number of halogens is 1. The van der Waals surface area contributed by atoms with Crippen LogP contribution in [0.3, 0.4) is 0 Å². The Morgan fingerprint density at radius 1 is 1.11 bits per heavy atom. The molecule has 2 heterocycles. The minimum Gasteiger partial charge on any atom is -0.497 e. The molecule has 0 spiro atoms. The number of carbonyl (C=O) groups is 1. The predicted octanol–water partition coefficient (Wildman–Crippen LogP) is 4.35. The van der Waals surface area contributed by atoms with Crippen molar-refractivity contribution in [2.24, 2.45) is 5.92 Å². The summed E-state index contributed by atoms with van der Waals surface area (Å²) in [5, 5.41) is 6.69. The maximum Gasteiger partial charge on any atom is 0.248 e. The lowest BCUT2D eigenvalue weighted by molar-refractivity contribution is -0.120. The fourth-order valence-corrected chi connectivity index (χ4v) is 5.91. The number of methoxy groups -OCH3 is 2. The molecular formula is C26H28FN3O6S. The Bertz CT molecular complexity index is 1390. The van der Waals surface area contributed by atoms with E-state index in [0.29, 0.717) is 35.6 Å². The highest BCUT2D eigenvalue weighted by atomic mass is 32.2. The second-order valence-electron chi connectivity index (χ2n) is 8.59. The van der Waals surface area contributed by atoms with Crippen molar-refractivity contribution in [1.29, 1.82) is 0 Å². The van der Waals surface area contributed by atoms with Crippen LogP contribution in [0.2, 0.25) is 0 Å². The van der Waals surface area contributed by atoms with Crippen LogP contribution < -0.4 is 14.8 Å². The summed E-state index contributed by atoms with van der Waals surface area (Å²) >= 11 is 0. The number of nitrogens with zero attached hydrogens (tertiary/aromatic N) is 2. The van der Waals surface area contributed by atoms with E-state index in [9.17, 15) is 17.6 Å². The number of hydrogen-bond acceptors (Lipinski definition) is 7. The van der Waals surface area contributed by atoms with Gasteiger partial charge in [0.15, 0.2) is 10.7 Å². The van der Waals surface area contributed by atoms with Crippen LogP contribution in [-0.4, -0.2) is 51.1 Å². The van der Waals surface area contributed by atoms with E-state index in [2.05, 4.69) is 10.5 Å². The van der Waals surface area contributed by atoms with Crippen LogP contribution in [0.15, 0.2) is 51.9 Å². The van der Waals surface area contributed by atoms with Crippen molar-refractivity contribution in [3.05, 3.63) is 65.3 Å². The molecule has 1 aliphatic heterocycles. The van der Waals surface area contributed by atoms with Gasteiger partial charge in [0.25, 0.3) is 0 Å². The largest absolute Gasteiger partial charge is 0.497 e. The van der Waals surface area contributed by atoms with E-state index in [4.69, 9.17) is 14.0 Å². The molecule has 1 fully saturated rings. The van der Waals surface area contributed by atoms with Gasteiger partial charge in [0.1, 0.15) is 23.0 Å². The fraction of sp³-hybridized carbons (Fsp3) is 0.308. The lowest BCUT2D eigenvalue weighted by Crippen LogP contribution is -2.41. The van der Waals surface area contributed by atoms with Crippen LogP contribution in [0.5, 0.6) is 11.5 Å². The SMILES string of the molecule is COc1cc(NC(=O)C2CCN(S(=O)(=O)c3c(C)noc3/C=C/c3ccccc3F)CC2)cc(OC)c1. The van der Waals surface area contributed by atoms with E-state index in [1.165, 1.54) is 36.7 Å². The Labute approximate surface area is 214 Å². The Hall–Kier alpha value is -3.70. The van der Waals surface area contributed by atoms with E-state index >= 15 is 0 Å². The Balaban J connectivity index is 1.45. The maximum atomic E-state index is 14.0. The van der Waals surface area contributed by atoms with Gasteiger partial charge in [-0.05, 0) is 38.0 Å². The molecule has 1 saturated heterocycles. The van der Waals surface area contributed by atoms with Crippen molar-refractivity contribution in [2.75, 3.05) is 32.6 Å². The van der Waals surface area contributed by atoms with Crippen molar-refractivity contribution >= 4 is 33.8 Å². The fourth-order valence-electron chi connectivity index (χ4n) is 4.19. The number of rotatable bonds is 8. The molecular weight excluding hydrogens is 501 g/mol. The average molecular weight is 530 g/mol. The summed E-state index contributed by atoms with van der Waals surface area (Å²) in [5.41, 5.74) is 1.03. The summed E-state index contributed by atoms with van der Waals surface area (Å²) in [6, 6.07) is 11.2. The van der Waals surface area contributed by atoms with Gasteiger partial charge in [-0.25, -0.2) is 12.8 Å². The van der Waals surface area contributed by atoms with E-state index in [1.807, 2.05) is 0 Å². The number of piperidine rings is 1. The number of carbonyl (C=O) groups excluding carboxylic acids is 1. The van der Waals surface area contributed by atoms with Gasteiger partial charge in [0, 0.05) is 48.5 Å². The minimum atomic E-state index is -3.95. The first-order chi connectivity index (χ1) is 17.7. The second-order valence-corrected chi connectivity index (χ2v) is 10.5. The second kappa shape index (κ2) is 11.1. The molecule has 1 N–H and O–H groups in total. The Morgan fingerprint density at radius 3 is 2.38 bits per heavy atom. The van der Waals surface area contributed by atoms with E-state index in [-0.39, 0.29) is 41.3 Å². The van der Waals surface area contributed by atoms with Crippen molar-refractivity contribution in [1.82, 2.24) is 9.46 Å². The minimum absolute atomic E-state index is 0.0209. The molecule has 0 radical (unpaired) electrons. The van der Waals surface area contributed by atoms with Crippen molar-refractivity contribution in [3.63, 3.8) is 0 Å². The summed E-state index contributed by atoms with van der Waals surface area (Å²) in [7, 11) is -0.908. The number of aromatic nitrogens is 1. The molecule has 0 aliphatic carbocycles. The Morgan fingerprint density at radius 2 is 1.76 bits per heavy atom. The standard InChI is InChI=1S/C26H28FN3O6S/c1-17-25(24(36-29-17)9-8-18-6-4-5-7-23(18)27)37(32,33)30-12-10-19(11-13-30)26(31)28-20-14-21(34-2)16-22(15-20)35-3/h4-9,14-16,19H,10-13H2,1-3H3,(H,28,31)/b9-8+. The topological polar surface area (TPSA) is 111 Å². The number of amides is 1. The average Bonchev–Trinajstić information content (AvgIpc) is 3.28. The van der Waals surface area contributed by atoms with Gasteiger partial charge >= 0.3 is 0 Å².